The zero-order chi connectivity index (χ0) is 14.4. The third kappa shape index (κ3) is 3.36. The summed E-state index contributed by atoms with van der Waals surface area (Å²) in [6, 6.07) is 8.04. The largest absolute Gasteiger partial charge is 0.396 e. The Morgan fingerprint density at radius 2 is 1.95 bits per heavy atom. The van der Waals surface area contributed by atoms with Crippen LogP contribution in [0.25, 0.3) is 10.9 Å². The number of benzene rings is 1. The highest BCUT2D eigenvalue weighted by molar-refractivity contribution is 5.90. The van der Waals surface area contributed by atoms with Crippen molar-refractivity contribution in [3.8, 4) is 0 Å². The zero-order valence-electron chi connectivity index (χ0n) is 12.1. The number of aliphatic hydroxyl groups is 1. The minimum Gasteiger partial charge on any atom is -0.396 e. The van der Waals surface area contributed by atoms with Gasteiger partial charge >= 0.3 is 0 Å². The molecule has 20 heavy (non-hydrogen) atoms. The number of unbranched alkanes of at least 4 members (excludes halogenated alkanes) is 2. The quantitative estimate of drug-likeness (QED) is 0.758. The van der Waals surface area contributed by atoms with Gasteiger partial charge in [0.05, 0.1) is 5.52 Å². The average molecular weight is 274 g/mol. The molecule has 2 aromatic rings. The summed E-state index contributed by atoms with van der Waals surface area (Å²) in [6.07, 6.45) is 2.94. The van der Waals surface area contributed by atoms with E-state index in [9.17, 15) is 0 Å². The molecule has 1 aromatic heterocycles. The van der Waals surface area contributed by atoms with Gasteiger partial charge in [0, 0.05) is 32.6 Å². The smallest absolute Gasteiger partial charge is 0.224 e. The van der Waals surface area contributed by atoms with Crippen LogP contribution in [0.1, 0.15) is 19.3 Å². The summed E-state index contributed by atoms with van der Waals surface area (Å²) in [4.78, 5) is 11.2. The molecule has 0 aliphatic carbocycles. The first-order chi connectivity index (χ1) is 9.76. The maximum absolute atomic E-state index is 8.82. The number of rotatable bonds is 7. The lowest BCUT2D eigenvalue weighted by Crippen LogP contribution is -2.20. The van der Waals surface area contributed by atoms with E-state index in [1.165, 1.54) is 0 Å². The van der Waals surface area contributed by atoms with Gasteiger partial charge in [-0.1, -0.05) is 12.1 Å². The van der Waals surface area contributed by atoms with Gasteiger partial charge in [0.2, 0.25) is 5.95 Å². The highest BCUT2D eigenvalue weighted by Gasteiger charge is 2.10. The molecule has 0 radical (unpaired) electrons. The van der Waals surface area contributed by atoms with Crippen LogP contribution < -0.4 is 10.2 Å². The molecule has 0 atom stereocenters. The molecule has 2 rings (SSSR count). The van der Waals surface area contributed by atoms with Gasteiger partial charge in [-0.2, -0.15) is 4.98 Å². The van der Waals surface area contributed by atoms with Gasteiger partial charge < -0.3 is 15.3 Å². The molecule has 0 aliphatic rings. The summed E-state index contributed by atoms with van der Waals surface area (Å²) in [7, 11) is 3.88. The maximum atomic E-state index is 8.82. The molecule has 5 nitrogen and oxygen atoms in total. The molecule has 2 N–H and O–H groups in total. The monoisotopic (exact) mass is 274 g/mol. The van der Waals surface area contributed by atoms with Gasteiger partial charge in [-0.3, -0.25) is 0 Å². The molecule has 0 aliphatic heterocycles. The van der Waals surface area contributed by atoms with Crippen molar-refractivity contribution in [2.24, 2.45) is 0 Å². The topological polar surface area (TPSA) is 61.3 Å². The Hall–Kier alpha value is -1.88. The Balaban J connectivity index is 2.22. The van der Waals surface area contributed by atoms with Gasteiger partial charge in [-0.15, -0.1) is 0 Å². The van der Waals surface area contributed by atoms with E-state index in [1.54, 1.807) is 0 Å². The van der Waals surface area contributed by atoms with Gasteiger partial charge in [-0.05, 0) is 31.4 Å². The molecule has 1 heterocycles. The van der Waals surface area contributed by atoms with E-state index in [0.717, 1.165) is 42.5 Å². The minimum atomic E-state index is 0.268. The second kappa shape index (κ2) is 7.05. The van der Waals surface area contributed by atoms with E-state index in [0.29, 0.717) is 5.95 Å². The molecule has 0 saturated carbocycles. The summed E-state index contributed by atoms with van der Waals surface area (Å²) in [5.74, 6) is 1.59. The first-order valence-electron chi connectivity index (χ1n) is 7.03. The van der Waals surface area contributed by atoms with Crippen molar-refractivity contribution in [3.63, 3.8) is 0 Å². The van der Waals surface area contributed by atoms with Crippen LogP contribution >= 0.6 is 0 Å². The maximum Gasteiger partial charge on any atom is 0.224 e. The van der Waals surface area contributed by atoms with Crippen molar-refractivity contribution in [2.45, 2.75) is 19.3 Å². The Morgan fingerprint density at radius 3 is 2.70 bits per heavy atom. The van der Waals surface area contributed by atoms with Gasteiger partial charge in [0.25, 0.3) is 0 Å². The number of aliphatic hydroxyl groups excluding tert-OH is 1. The Bertz CT molecular complexity index is 559. The lowest BCUT2D eigenvalue weighted by molar-refractivity contribution is 0.283. The van der Waals surface area contributed by atoms with Crippen LogP contribution in [0.5, 0.6) is 0 Å². The van der Waals surface area contributed by atoms with Crippen LogP contribution in [0.3, 0.4) is 0 Å². The lowest BCUT2D eigenvalue weighted by atomic mass is 10.2. The van der Waals surface area contributed by atoms with Gasteiger partial charge in [0.15, 0.2) is 0 Å². The minimum absolute atomic E-state index is 0.268. The third-order valence-corrected chi connectivity index (χ3v) is 3.32. The van der Waals surface area contributed by atoms with Crippen LogP contribution in [-0.4, -0.2) is 42.3 Å². The Labute approximate surface area is 119 Å². The molecule has 0 amide bonds. The second-order valence-electron chi connectivity index (χ2n) is 4.84. The van der Waals surface area contributed by atoms with Crippen LogP contribution in [0, 0.1) is 0 Å². The Morgan fingerprint density at radius 1 is 1.15 bits per heavy atom. The molecule has 0 spiro atoms. The fraction of sp³-hybridized carbons (Fsp3) is 0.467. The number of hydrogen-bond donors (Lipinski definition) is 2. The molecule has 1 aromatic carbocycles. The number of nitrogens with one attached hydrogen (secondary N) is 1. The van der Waals surface area contributed by atoms with E-state index in [-0.39, 0.29) is 6.61 Å². The number of hydrogen-bond acceptors (Lipinski definition) is 5. The molecule has 0 fully saturated rings. The van der Waals surface area contributed by atoms with Crippen LogP contribution in [0.2, 0.25) is 0 Å². The fourth-order valence-corrected chi connectivity index (χ4v) is 2.21. The highest BCUT2D eigenvalue weighted by atomic mass is 16.2. The van der Waals surface area contributed by atoms with Crippen molar-refractivity contribution < 1.29 is 5.11 Å². The predicted molar refractivity (Wildman–Crippen MR) is 83.3 cm³/mol. The molecule has 0 saturated heterocycles. The van der Waals surface area contributed by atoms with Crippen LogP contribution in [0.4, 0.5) is 11.8 Å². The zero-order valence-corrected chi connectivity index (χ0v) is 12.1. The predicted octanol–water partition coefficient (Wildman–Crippen LogP) is 2.27. The molecule has 5 heteroatoms. The van der Waals surface area contributed by atoms with Crippen molar-refractivity contribution >= 4 is 22.7 Å². The van der Waals surface area contributed by atoms with E-state index >= 15 is 0 Å². The molecule has 0 unspecified atom stereocenters. The van der Waals surface area contributed by atoms with Crippen molar-refractivity contribution in [2.75, 3.05) is 37.5 Å². The fourth-order valence-electron chi connectivity index (χ4n) is 2.21. The number of anilines is 2. The standard InChI is InChI=1S/C15H22N4O/c1-16-15-17-13-9-5-4-8-12(13)14(18-15)19(2)10-6-3-7-11-20/h4-5,8-9,20H,3,6-7,10-11H2,1-2H3,(H,16,17,18). The number of nitrogens with zero attached hydrogens (tertiary/aromatic N) is 3. The summed E-state index contributed by atoms with van der Waals surface area (Å²) >= 11 is 0. The first kappa shape index (κ1) is 14.5. The highest BCUT2D eigenvalue weighted by Crippen LogP contribution is 2.24. The van der Waals surface area contributed by atoms with Gasteiger partial charge in [0.1, 0.15) is 5.82 Å². The van der Waals surface area contributed by atoms with Crippen LogP contribution in [-0.2, 0) is 0 Å². The number of aromatic nitrogens is 2. The van der Waals surface area contributed by atoms with Gasteiger partial charge in [-0.25, -0.2) is 4.98 Å². The SMILES string of the molecule is CNc1nc(N(C)CCCCCO)c2ccccc2n1. The summed E-state index contributed by atoms with van der Waals surface area (Å²) in [5.41, 5.74) is 0.948. The first-order valence-corrected chi connectivity index (χ1v) is 7.03. The second-order valence-corrected chi connectivity index (χ2v) is 4.84. The molecule has 108 valence electrons. The summed E-state index contributed by atoms with van der Waals surface area (Å²) in [6.45, 7) is 1.19. The average Bonchev–Trinajstić information content (AvgIpc) is 2.50. The molecular weight excluding hydrogens is 252 g/mol. The van der Waals surface area contributed by atoms with E-state index < -0.39 is 0 Å². The lowest BCUT2D eigenvalue weighted by Gasteiger charge is -2.20. The van der Waals surface area contributed by atoms with E-state index in [2.05, 4.69) is 20.2 Å². The normalized spacial score (nSPS) is 10.8. The van der Waals surface area contributed by atoms with E-state index in [1.807, 2.05) is 38.4 Å². The number of para-hydroxylation sites is 1. The van der Waals surface area contributed by atoms with Crippen molar-refractivity contribution in [3.05, 3.63) is 24.3 Å². The third-order valence-electron chi connectivity index (χ3n) is 3.32. The molecule has 0 bridgehead atoms. The van der Waals surface area contributed by atoms with Crippen molar-refractivity contribution in [1.82, 2.24) is 9.97 Å². The number of fused-ring (bicyclic) bond motifs is 1. The summed E-state index contributed by atoms with van der Waals surface area (Å²) in [5, 5.41) is 12.9. The van der Waals surface area contributed by atoms with E-state index in [4.69, 9.17) is 5.11 Å². The van der Waals surface area contributed by atoms with Crippen LogP contribution in [0.15, 0.2) is 24.3 Å². The van der Waals surface area contributed by atoms with Crippen molar-refractivity contribution in [1.29, 1.82) is 0 Å². The molecular formula is C15H22N4O. The Kier molecular flexibility index (Phi) is 5.12. The summed E-state index contributed by atoms with van der Waals surface area (Å²) < 4.78 is 0.